The van der Waals surface area contributed by atoms with Crippen molar-refractivity contribution in [2.24, 2.45) is 29.4 Å². The van der Waals surface area contributed by atoms with Gasteiger partial charge in [0.1, 0.15) is 0 Å². The Morgan fingerprint density at radius 3 is 2.41 bits per heavy atom. The number of fused-ring (bicyclic) bond motifs is 4. The smallest absolute Gasteiger partial charge is 0.328 e. The van der Waals surface area contributed by atoms with Gasteiger partial charge in [0.15, 0.2) is 11.5 Å². The molecule has 0 bridgehead atoms. The number of hydrogen-bond donors (Lipinski definition) is 2. The molecule has 3 N–H and O–H groups in total. The van der Waals surface area contributed by atoms with Crippen molar-refractivity contribution in [1.29, 1.82) is 0 Å². The van der Waals surface area contributed by atoms with E-state index in [1.807, 2.05) is 6.08 Å². The van der Waals surface area contributed by atoms with Crippen LogP contribution in [0, 0.1) is 23.7 Å². The van der Waals surface area contributed by atoms with Crippen LogP contribution in [-0.2, 0) is 24.6 Å². The molecule has 2 aliphatic carbocycles. The van der Waals surface area contributed by atoms with Crippen molar-refractivity contribution in [3.63, 3.8) is 0 Å². The molecule has 3 aromatic carbocycles. The molecule has 4 aliphatic rings. The number of rotatable bonds is 4. The third kappa shape index (κ3) is 4.04. The number of ether oxygens (including phenoxy) is 1. The maximum Gasteiger partial charge on any atom is 0.328 e. The number of phenolic OH excluding ortho intramolecular Hbond substituents is 1. The number of urea groups is 1. The van der Waals surface area contributed by atoms with Crippen LogP contribution in [0.15, 0.2) is 82.9 Å². The van der Waals surface area contributed by atoms with Gasteiger partial charge in [-0.15, -0.1) is 0 Å². The fraction of sp³-hybridized carbons (Fsp3) is 0.265. The zero-order chi connectivity index (χ0) is 32.7. The van der Waals surface area contributed by atoms with Crippen LogP contribution < -0.4 is 15.4 Å². The number of phenols is 1. The van der Waals surface area contributed by atoms with Crippen LogP contribution in [0.3, 0.4) is 0 Å². The second-order valence-corrected chi connectivity index (χ2v) is 13.3. The number of halogens is 2. The first-order chi connectivity index (χ1) is 22.0. The number of allylic oxidation sites excluding steroid dienone is 2. The van der Waals surface area contributed by atoms with E-state index in [0.29, 0.717) is 31.1 Å². The van der Waals surface area contributed by atoms with Crippen LogP contribution in [0.5, 0.6) is 11.5 Å². The van der Waals surface area contributed by atoms with Crippen LogP contribution in [0.25, 0.3) is 0 Å². The summed E-state index contributed by atoms with van der Waals surface area (Å²) in [7, 11) is 1.40. The molecule has 234 valence electrons. The average molecular weight is 705 g/mol. The molecule has 0 spiro atoms. The summed E-state index contributed by atoms with van der Waals surface area (Å²) >= 11 is 9.84. The highest BCUT2D eigenvalue weighted by atomic mass is 79.9. The van der Waals surface area contributed by atoms with Crippen molar-refractivity contribution in [3.8, 4) is 11.5 Å². The highest BCUT2D eigenvalue weighted by Crippen LogP contribution is 2.65. The number of carbonyl (C=O) groups excluding carboxylic acids is 5. The van der Waals surface area contributed by atoms with Crippen molar-refractivity contribution in [2.75, 3.05) is 12.0 Å². The number of hydrogen-bond acceptors (Lipinski definition) is 7. The lowest BCUT2D eigenvalue weighted by atomic mass is 9.49. The molecule has 0 radical (unpaired) electrons. The Labute approximate surface area is 276 Å². The predicted octanol–water partition coefficient (Wildman–Crippen LogP) is 5.06. The minimum atomic E-state index is -1.59. The third-order valence-corrected chi connectivity index (χ3v) is 10.7. The molecule has 3 aromatic rings. The van der Waals surface area contributed by atoms with E-state index >= 15 is 4.79 Å². The molecule has 0 aromatic heterocycles. The lowest BCUT2D eigenvalue weighted by molar-refractivity contribution is -0.136. The van der Waals surface area contributed by atoms with Gasteiger partial charge in [0.25, 0.3) is 0 Å². The molecule has 2 heterocycles. The number of methoxy groups -OCH3 is 1. The number of anilines is 1. The fourth-order valence-corrected chi connectivity index (χ4v) is 8.91. The van der Waals surface area contributed by atoms with Gasteiger partial charge in [0.2, 0.25) is 23.6 Å². The maximum atomic E-state index is 15.2. The number of aromatic hydroxyl groups is 1. The van der Waals surface area contributed by atoms with Gasteiger partial charge in [0, 0.05) is 21.0 Å². The predicted molar refractivity (Wildman–Crippen MR) is 170 cm³/mol. The van der Waals surface area contributed by atoms with Crippen molar-refractivity contribution in [1.82, 2.24) is 4.90 Å². The van der Waals surface area contributed by atoms with Crippen molar-refractivity contribution in [3.05, 3.63) is 99.0 Å². The van der Waals surface area contributed by atoms with Crippen molar-refractivity contribution in [2.45, 2.75) is 24.2 Å². The van der Waals surface area contributed by atoms with Gasteiger partial charge in [-0.25, -0.2) is 9.69 Å². The van der Waals surface area contributed by atoms with E-state index in [0.717, 1.165) is 4.90 Å². The van der Waals surface area contributed by atoms with Gasteiger partial charge in [-0.3, -0.25) is 19.2 Å². The maximum absolute atomic E-state index is 15.2. The van der Waals surface area contributed by atoms with E-state index in [-0.39, 0.29) is 30.0 Å². The Hall–Kier alpha value is -4.48. The summed E-state index contributed by atoms with van der Waals surface area (Å²) in [4.78, 5) is 70.7. The number of likely N-dealkylation sites (tertiary alicyclic amines) is 1. The summed E-state index contributed by atoms with van der Waals surface area (Å²) in [5, 5.41) is 12.0. The molecular formula is C34H27BrClN3O7. The lowest BCUT2D eigenvalue weighted by Gasteiger charge is -2.50. The summed E-state index contributed by atoms with van der Waals surface area (Å²) in [6, 6.07) is 17.5. The van der Waals surface area contributed by atoms with E-state index in [4.69, 9.17) is 22.1 Å². The molecule has 2 saturated heterocycles. The van der Waals surface area contributed by atoms with E-state index in [1.165, 1.54) is 13.2 Å². The lowest BCUT2D eigenvalue weighted by Crippen LogP contribution is -2.53. The summed E-state index contributed by atoms with van der Waals surface area (Å²) < 4.78 is 6.05. The Morgan fingerprint density at radius 2 is 1.74 bits per heavy atom. The first kappa shape index (κ1) is 30.2. The molecule has 6 atom stereocenters. The molecule has 10 nitrogen and oxygen atoms in total. The summed E-state index contributed by atoms with van der Waals surface area (Å²) in [5.41, 5.74) is 5.61. The third-order valence-electron chi connectivity index (χ3n) is 9.99. The number of imide groups is 4. The van der Waals surface area contributed by atoms with Gasteiger partial charge in [0.05, 0.1) is 36.0 Å². The van der Waals surface area contributed by atoms with Gasteiger partial charge < -0.3 is 15.6 Å². The summed E-state index contributed by atoms with van der Waals surface area (Å²) in [6.07, 6.45) is 1.94. The SMILES string of the molecule is COc1cc(Br)cc(C2C3=CCC4C(=O)N(C(N)=O)C(=O)C4C3CC3C(=O)N(c4cccc(Cl)c4)C(=O)C32c2ccccc2)c1O. The highest BCUT2D eigenvalue weighted by molar-refractivity contribution is 9.10. The van der Waals surface area contributed by atoms with Crippen LogP contribution in [0.4, 0.5) is 10.5 Å². The van der Waals surface area contributed by atoms with Crippen LogP contribution in [-0.4, -0.2) is 46.8 Å². The Balaban J connectivity index is 1.54. The number of nitrogens with zero attached hydrogens (tertiary/aromatic N) is 2. The monoisotopic (exact) mass is 703 g/mol. The molecule has 6 amide bonds. The van der Waals surface area contributed by atoms with Crippen molar-refractivity contribution >= 4 is 62.9 Å². The largest absolute Gasteiger partial charge is 0.504 e. The zero-order valence-corrected chi connectivity index (χ0v) is 26.7. The van der Waals surface area contributed by atoms with Gasteiger partial charge in [-0.1, -0.05) is 75.6 Å². The molecular weight excluding hydrogens is 678 g/mol. The van der Waals surface area contributed by atoms with E-state index in [2.05, 4.69) is 15.9 Å². The number of primary amides is 1. The average Bonchev–Trinajstić information content (AvgIpc) is 3.43. The number of nitrogens with two attached hydrogens (primary N) is 1. The number of carbonyl (C=O) groups is 5. The number of amides is 6. The molecule has 3 fully saturated rings. The zero-order valence-electron chi connectivity index (χ0n) is 24.4. The Morgan fingerprint density at radius 1 is 1.00 bits per heavy atom. The minimum Gasteiger partial charge on any atom is -0.504 e. The Kier molecular flexibility index (Phi) is 7.09. The van der Waals surface area contributed by atoms with Crippen LogP contribution >= 0.6 is 27.5 Å². The first-order valence-corrected chi connectivity index (χ1v) is 15.8. The number of benzene rings is 3. The normalized spacial score (nSPS) is 28.5. The standard InChI is InChI=1S/C34H27BrClN3O7/c1-46-25-13-17(35)12-23(28(25)40)27-20-10-11-21-26(31(43)39(29(21)41)33(37)45)22(20)15-24-30(42)38(19-9-5-8-18(36)14-19)32(44)34(24,27)16-6-3-2-4-7-16/h2-10,12-14,21-22,24,26-27,40H,11,15H2,1H3,(H2,37,45). The van der Waals surface area contributed by atoms with Crippen molar-refractivity contribution < 1.29 is 33.8 Å². The van der Waals surface area contributed by atoms with Gasteiger partial charge in [-0.05, 0) is 54.7 Å². The molecule has 2 aliphatic heterocycles. The second kappa shape index (κ2) is 10.8. The summed E-state index contributed by atoms with van der Waals surface area (Å²) in [6.45, 7) is 0. The fourth-order valence-electron chi connectivity index (χ4n) is 8.28. The second-order valence-electron chi connectivity index (χ2n) is 12.0. The van der Waals surface area contributed by atoms with Gasteiger partial charge in [-0.2, -0.15) is 4.90 Å². The van der Waals surface area contributed by atoms with Crippen LogP contribution in [0.2, 0.25) is 5.02 Å². The van der Waals surface area contributed by atoms with Gasteiger partial charge >= 0.3 is 6.03 Å². The molecule has 46 heavy (non-hydrogen) atoms. The summed E-state index contributed by atoms with van der Waals surface area (Å²) in [5.74, 6) is -7.15. The minimum absolute atomic E-state index is 0.0254. The van der Waals surface area contributed by atoms with Crippen LogP contribution in [0.1, 0.15) is 29.9 Å². The molecule has 1 saturated carbocycles. The molecule has 6 unspecified atom stereocenters. The van der Waals surface area contributed by atoms with E-state index < -0.39 is 64.7 Å². The quantitative estimate of drug-likeness (QED) is 0.285. The first-order valence-electron chi connectivity index (χ1n) is 14.6. The molecule has 7 rings (SSSR count). The highest BCUT2D eigenvalue weighted by Gasteiger charge is 2.70. The Bertz CT molecular complexity index is 1900. The molecule has 12 heteroatoms. The topological polar surface area (TPSA) is 147 Å². The van der Waals surface area contributed by atoms with E-state index in [9.17, 15) is 24.3 Å². The van der Waals surface area contributed by atoms with E-state index in [1.54, 1.807) is 60.7 Å².